The van der Waals surface area contributed by atoms with E-state index >= 15 is 0 Å². The lowest BCUT2D eigenvalue weighted by Gasteiger charge is -2.29. The summed E-state index contributed by atoms with van der Waals surface area (Å²) in [5, 5.41) is 19.2. The molecule has 2 aliphatic rings. The molecular weight excluding hydrogens is 394 g/mol. The van der Waals surface area contributed by atoms with E-state index in [2.05, 4.69) is 41.8 Å². The van der Waals surface area contributed by atoms with Crippen LogP contribution in [0.15, 0.2) is 42.7 Å². The van der Waals surface area contributed by atoms with Gasteiger partial charge in [-0.25, -0.2) is 4.98 Å². The standard InChI is InChI=1S/C22H25N7O2/c1-15-10-24-18(11-23-15)22(31)27-7-8-29-20(14-27)25-26-21(29)19-9-17(30)13-28(19)12-16-5-3-2-4-6-16/h2-6,10-11,17,19,30H,7-9,12-14H2,1H3/t17-,19+/m1/s1. The lowest BCUT2D eigenvalue weighted by Crippen LogP contribution is -2.39. The maximum Gasteiger partial charge on any atom is 0.274 e. The zero-order valence-electron chi connectivity index (χ0n) is 17.4. The van der Waals surface area contributed by atoms with E-state index in [0.717, 1.165) is 23.9 Å². The Balaban J connectivity index is 1.34. The molecular formula is C22H25N7O2. The van der Waals surface area contributed by atoms with Gasteiger partial charge >= 0.3 is 0 Å². The molecule has 2 atom stereocenters. The normalized spacial score (nSPS) is 21.3. The van der Waals surface area contributed by atoms with E-state index in [0.29, 0.717) is 38.3 Å². The van der Waals surface area contributed by atoms with E-state index < -0.39 is 0 Å². The number of rotatable bonds is 4. The highest BCUT2D eigenvalue weighted by atomic mass is 16.3. The van der Waals surface area contributed by atoms with Crippen LogP contribution in [0.2, 0.25) is 0 Å². The number of carbonyl (C=O) groups excluding carboxylic acids is 1. The van der Waals surface area contributed by atoms with Crippen LogP contribution in [-0.2, 0) is 19.6 Å². The minimum absolute atomic E-state index is 0.00155. The topological polar surface area (TPSA) is 100 Å². The second kappa shape index (κ2) is 8.16. The van der Waals surface area contributed by atoms with Gasteiger partial charge in [-0.2, -0.15) is 0 Å². The molecule has 2 aliphatic heterocycles. The first-order valence-corrected chi connectivity index (χ1v) is 10.5. The number of β-amino-alcohol motifs (C(OH)–C–C–N with tert-alkyl or cyclic N) is 1. The summed E-state index contributed by atoms with van der Waals surface area (Å²) in [4.78, 5) is 25.2. The number of aromatic nitrogens is 5. The summed E-state index contributed by atoms with van der Waals surface area (Å²) >= 11 is 0. The Bertz CT molecular complexity index is 1070. The van der Waals surface area contributed by atoms with E-state index in [1.165, 1.54) is 11.8 Å². The van der Waals surface area contributed by atoms with Crippen LogP contribution in [0.3, 0.4) is 0 Å². The molecule has 0 spiro atoms. The predicted molar refractivity (Wildman–Crippen MR) is 112 cm³/mol. The molecule has 2 aromatic heterocycles. The average Bonchev–Trinajstić information content (AvgIpc) is 3.36. The van der Waals surface area contributed by atoms with Crippen molar-refractivity contribution in [3.63, 3.8) is 0 Å². The number of nitrogens with zero attached hydrogens (tertiary/aromatic N) is 7. The number of fused-ring (bicyclic) bond motifs is 1. The fourth-order valence-corrected chi connectivity index (χ4v) is 4.41. The van der Waals surface area contributed by atoms with Crippen molar-refractivity contribution in [1.82, 2.24) is 34.5 Å². The highest BCUT2D eigenvalue weighted by Crippen LogP contribution is 2.33. The van der Waals surface area contributed by atoms with Gasteiger partial charge in [-0.05, 0) is 18.9 Å². The number of likely N-dealkylation sites (tertiary alicyclic amines) is 1. The molecule has 5 rings (SSSR count). The van der Waals surface area contributed by atoms with Crippen molar-refractivity contribution in [2.45, 2.75) is 45.1 Å². The van der Waals surface area contributed by atoms with E-state index in [-0.39, 0.29) is 18.1 Å². The van der Waals surface area contributed by atoms with E-state index in [1.807, 2.05) is 25.1 Å². The molecule has 9 nitrogen and oxygen atoms in total. The van der Waals surface area contributed by atoms with Crippen LogP contribution < -0.4 is 0 Å². The zero-order valence-corrected chi connectivity index (χ0v) is 17.4. The minimum Gasteiger partial charge on any atom is -0.392 e. The van der Waals surface area contributed by atoms with Crippen LogP contribution in [-0.4, -0.2) is 64.7 Å². The first-order valence-electron chi connectivity index (χ1n) is 10.5. The van der Waals surface area contributed by atoms with Crippen LogP contribution in [0.1, 0.15) is 45.9 Å². The van der Waals surface area contributed by atoms with Crippen molar-refractivity contribution < 1.29 is 9.90 Å². The van der Waals surface area contributed by atoms with Crippen molar-refractivity contribution in [3.05, 3.63) is 71.3 Å². The third-order valence-corrected chi connectivity index (χ3v) is 5.98. The van der Waals surface area contributed by atoms with Gasteiger partial charge in [0.05, 0.1) is 30.6 Å². The maximum absolute atomic E-state index is 12.8. The number of amides is 1. The van der Waals surface area contributed by atoms with Crippen LogP contribution in [0.25, 0.3) is 0 Å². The zero-order chi connectivity index (χ0) is 21.4. The molecule has 0 unspecified atom stereocenters. The van der Waals surface area contributed by atoms with Crippen LogP contribution in [0.5, 0.6) is 0 Å². The first kappa shape index (κ1) is 19.8. The third-order valence-electron chi connectivity index (χ3n) is 5.98. The summed E-state index contributed by atoms with van der Waals surface area (Å²) in [5.74, 6) is 1.48. The SMILES string of the molecule is Cc1cnc(C(=O)N2CCn3c(nnc3[C@@H]3C[C@@H](O)CN3Cc3ccccc3)C2)cn1. The van der Waals surface area contributed by atoms with Crippen LogP contribution >= 0.6 is 0 Å². The monoisotopic (exact) mass is 419 g/mol. The average molecular weight is 419 g/mol. The van der Waals surface area contributed by atoms with Gasteiger partial charge in [-0.15, -0.1) is 10.2 Å². The number of hydrogen-bond donors (Lipinski definition) is 1. The Morgan fingerprint density at radius 3 is 2.74 bits per heavy atom. The molecule has 0 bridgehead atoms. The Kier molecular flexibility index (Phi) is 5.21. The first-order chi connectivity index (χ1) is 15.1. The number of hydrogen-bond acceptors (Lipinski definition) is 7. The molecule has 1 saturated heterocycles. The number of carbonyl (C=O) groups is 1. The molecule has 1 amide bonds. The van der Waals surface area contributed by atoms with Gasteiger partial charge in [0.1, 0.15) is 5.69 Å². The predicted octanol–water partition coefficient (Wildman–Crippen LogP) is 1.34. The van der Waals surface area contributed by atoms with E-state index in [4.69, 9.17) is 0 Å². The molecule has 31 heavy (non-hydrogen) atoms. The lowest BCUT2D eigenvalue weighted by atomic mass is 10.1. The molecule has 1 fully saturated rings. The van der Waals surface area contributed by atoms with Gasteiger partial charge < -0.3 is 14.6 Å². The molecule has 1 N–H and O–H groups in total. The Morgan fingerprint density at radius 2 is 1.97 bits per heavy atom. The summed E-state index contributed by atoms with van der Waals surface area (Å²) in [7, 11) is 0. The molecule has 9 heteroatoms. The van der Waals surface area contributed by atoms with Gasteiger partial charge in [0, 0.05) is 32.4 Å². The van der Waals surface area contributed by atoms with Gasteiger partial charge in [-0.1, -0.05) is 30.3 Å². The summed E-state index contributed by atoms with van der Waals surface area (Å²) in [6.45, 7) is 4.76. The fourth-order valence-electron chi connectivity index (χ4n) is 4.41. The molecule has 1 aromatic carbocycles. The maximum atomic E-state index is 12.8. The number of aliphatic hydroxyl groups excluding tert-OH is 1. The van der Waals surface area contributed by atoms with E-state index in [9.17, 15) is 9.90 Å². The molecule has 0 radical (unpaired) electrons. The Morgan fingerprint density at radius 1 is 1.13 bits per heavy atom. The summed E-state index contributed by atoms with van der Waals surface area (Å²) in [5.41, 5.74) is 2.32. The van der Waals surface area contributed by atoms with Gasteiger partial charge in [-0.3, -0.25) is 14.7 Å². The van der Waals surface area contributed by atoms with Crippen molar-refractivity contribution >= 4 is 5.91 Å². The number of benzene rings is 1. The Labute approximate surface area is 180 Å². The summed E-state index contributed by atoms with van der Waals surface area (Å²) in [6, 6.07) is 10.3. The fraction of sp³-hybridized carbons (Fsp3) is 0.409. The quantitative estimate of drug-likeness (QED) is 0.681. The van der Waals surface area contributed by atoms with Crippen molar-refractivity contribution in [1.29, 1.82) is 0 Å². The van der Waals surface area contributed by atoms with Crippen molar-refractivity contribution in [2.24, 2.45) is 0 Å². The van der Waals surface area contributed by atoms with Crippen LogP contribution in [0, 0.1) is 6.92 Å². The van der Waals surface area contributed by atoms with E-state index in [1.54, 1.807) is 11.1 Å². The highest BCUT2D eigenvalue weighted by Gasteiger charge is 2.37. The van der Waals surface area contributed by atoms with Gasteiger partial charge in [0.25, 0.3) is 5.91 Å². The lowest BCUT2D eigenvalue weighted by molar-refractivity contribution is 0.0698. The molecule has 4 heterocycles. The number of aliphatic hydroxyl groups is 1. The van der Waals surface area contributed by atoms with Gasteiger partial charge in [0.15, 0.2) is 11.6 Å². The smallest absolute Gasteiger partial charge is 0.274 e. The second-order valence-electron chi connectivity index (χ2n) is 8.22. The summed E-state index contributed by atoms with van der Waals surface area (Å²) in [6.07, 6.45) is 3.37. The molecule has 0 saturated carbocycles. The molecule has 160 valence electrons. The highest BCUT2D eigenvalue weighted by molar-refractivity contribution is 5.92. The molecule has 3 aromatic rings. The minimum atomic E-state index is -0.386. The second-order valence-corrected chi connectivity index (χ2v) is 8.22. The van der Waals surface area contributed by atoms with Crippen LogP contribution in [0.4, 0.5) is 0 Å². The third kappa shape index (κ3) is 3.94. The molecule has 0 aliphatic carbocycles. The summed E-state index contributed by atoms with van der Waals surface area (Å²) < 4.78 is 2.10. The Hall–Kier alpha value is -3.17. The largest absolute Gasteiger partial charge is 0.392 e. The van der Waals surface area contributed by atoms with Crippen molar-refractivity contribution in [2.75, 3.05) is 13.1 Å². The van der Waals surface area contributed by atoms with Crippen molar-refractivity contribution in [3.8, 4) is 0 Å². The van der Waals surface area contributed by atoms with Gasteiger partial charge in [0.2, 0.25) is 0 Å². The number of aryl methyl sites for hydroxylation is 1.